The minimum Gasteiger partial charge on any atom is -0.300 e. The molecule has 1 heterocycles. The molecule has 102 valence electrons. The Bertz CT molecular complexity index is 803. The van der Waals surface area contributed by atoms with Crippen molar-refractivity contribution in [1.29, 1.82) is 0 Å². The van der Waals surface area contributed by atoms with E-state index in [-0.39, 0.29) is 11.7 Å². The molecular weight excluding hydrogens is 332 g/mol. The smallest absolute Gasteiger partial charge is 0.130 e. The van der Waals surface area contributed by atoms with Crippen molar-refractivity contribution in [2.24, 2.45) is 0 Å². The quantitative estimate of drug-likeness (QED) is 0.576. The molecule has 2 aromatic carbocycles. The van der Waals surface area contributed by atoms with Gasteiger partial charge in [-0.05, 0) is 48.7 Å². The summed E-state index contributed by atoms with van der Waals surface area (Å²) in [6, 6.07) is 13.0. The molecule has 1 aromatic heterocycles. The van der Waals surface area contributed by atoms with E-state index in [9.17, 15) is 4.79 Å². The zero-order valence-electron chi connectivity index (χ0n) is 11.4. The van der Waals surface area contributed by atoms with E-state index in [2.05, 4.69) is 59.3 Å². The van der Waals surface area contributed by atoms with Gasteiger partial charge < -0.3 is 4.79 Å². The Morgan fingerprint density at radius 2 is 1.80 bits per heavy atom. The number of carbonyl (C=O) groups is 1. The van der Waals surface area contributed by atoms with Gasteiger partial charge in [-0.2, -0.15) is 0 Å². The number of carbonyl (C=O) groups excluding carboxylic acids is 1. The van der Waals surface area contributed by atoms with Crippen LogP contribution in [0.1, 0.15) is 31.7 Å². The molecule has 0 bridgehead atoms. The van der Waals surface area contributed by atoms with Crippen LogP contribution in [0.2, 0.25) is 0 Å². The average molecular weight is 347 g/mol. The van der Waals surface area contributed by atoms with E-state index >= 15 is 0 Å². The van der Waals surface area contributed by atoms with Crippen molar-refractivity contribution in [3.63, 3.8) is 0 Å². The molecule has 0 aliphatic carbocycles. The van der Waals surface area contributed by atoms with Crippen LogP contribution in [0.15, 0.2) is 40.9 Å². The van der Waals surface area contributed by atoms with Crippen molar-refractivity contribution in [1.82, 2.24) is 0 Å². The lowest BCUT2D eigenvalue weighted by molar-refractivity contribution is -0.117. The first-order valence-corrected chi connectivity index (χ1v) is 8.26. The number of thiophene rings is 1. The lowest BCUT2D eigenvalue weighted by atomic mass is 9.95. The van der Waals surface area contributed by atoms with E-state index < -0.39 is 0 Å². The highest BCUT2D eigenvalue weighted by molar-refractivity contribution is 9.10. The van der Waals surface area contributed by atoms with Crippen LogP contribution in [0.25, 0.3) is 20.2 Å². The van der Waals surface area contributed by atoms with Crippen LogP contribution in [0.3, 0.4) is 0 Å². The van der Waals surface area contributed by atoms with Crippen LogP contribution in [-0.4, -0.2) is 5.78 Å². The summed E-state index contributed by atoms with van der Waals surface area (Å²) in [5.41, 5.74) is 1.24. The third kappa shape index (κ3) is 2.52. The molecule has 1 unspecified atom stereocenters. The second kappa shape index (κ2) is 5.30. The molecule has 0 radical (unpaired) electrons. The maximum Gasteiger partial charge on any atom is 0.130 e. The lowest BCUT2D eigenvalue weighted by Crippen LogP contribution is -1.99. The molecule has 0 saturated heterocycles. The molecule has 3 aromatic rings. The van der Waals surface area contributed by atoms with Gasteiger partial charge in [-0.25, -0.2) is 0 Å². The van der Waals surface area contributed by atoms with E-state index in [4.69, 9.17) is 0 Å². The molecule has 0 saturated carbocycles. The Morgan fingerprint density at radius 1 is 1.15 bits per heavy atom. The predicted molar refractivity (Wildman–Crippen MR) is 90.7 cm³/mol. The highest BCUT2D eigenvalue weighted by Crippen LogP contribution is 2.37. The third-order valence-corrected chi connectivity index (χ3v) is 5.26. The summed E-state index contributed by atoms with van der Waals surface area (Å²) in [7, 11) is 0. The monoisotopic (exact) mass is 346 g/mol. The Hall–Kier alpha value is -1.19. The topological polar surface area (TPSA) is 17.1 Å². The fourth-order valence-electron chi connectivity index (χ4n) is 2.62. The van der Waals surface area contributed by atoms with E-state index in [0.29, 0.717) is 6.42 Å². The first-order chi connectivity index (χ1) is 9.54. The number of rotatable bonds is 3. The fourth-order valence-corrected chi connectivity index (χ4v) is 4.05. The third-order valence-electron chi connectivity index (χ3n) is 3.62. The molecular formula is C17H15BrOS. The van der Waals surface area contributed by atoms with Crippen molar-refractivity contribution in [2.45, 2.75) is 26.2 Å². The van der Waals surface area contributed by atoms with Gasteiger partial charge in [-0.3, -0.25) is 0 Å². The number of benzene rings is 2. The molecule has 0 N–H and O–H groups in total. The number of fused-ring (bicyclic) bond motifs is 3. The molecule has 1 nitrogen and oxygen atoms in total. The van der Waals surface area contributed by atoms with Crippen LogP contribution in [0.4, 0.5) is 0 Å². The van der Waals surface area contributed by atoms with Gasteiger partial charge in [0.25, 0.3) is 0 Å². The van der Waals surface area contributed by atoms with E-state index in [1.54, 1.807) is 6.92 Å². The predicted octanol–water partition coefficient (Wildman–Crippen LogP) is 5.90. The summed E-state index contributed by atoms with van der Waals surface area (Å²) in [5, 5.41) is 2.58. The maximum atomic E-state index is 11.3. The van der Waals surface area contributed by atoms with E-state index in [0.717, 1.165) is 4.47 Å². The van der Waals surface area contributed by atoms with Gasteiger partial charge >= 0.3 is 0 Å². The van der Waals surface area contributed by atoms with Crippen molar-refractivity contribution in [2.75, 3.05) is 0 Å². The summed E-state index contributed by atoms with van der Waals surface area (Å²) in [5.74, 6) is 0.523. The van der Waals surface area contributed by atoms with Crippen LogP contribution in [-0.2, 0) is 4.79 Å². The van der Waals surface area contributed by atoms with Crippen molar-refractivity contribution >= 4 is 53.2 Å². The molecule has 0 aliphatic heterocycles. The van der Waals surface area contributed by atoms with Gasteiger partial charge in [-0.15, -0.1) is 11.3 Å². The summed E-state index contributed by atoms with van der Waals surface area (Å²) < 4.78 is 3.71. The largest absolute Gasteiger partial charge is 0.300 e. The summed E-state index contributed by atoms with van der Waals surface area (Å²) >= 11 is 5.36. The molecule has 0 fully saturated rings. The first kappa shape index (κ1) is 13.8. The summed E-state index contributed by atoms with van der Waals surface area (Å²) in [4.78, 5) is 11.3. The Kier molecular flexibility index (Phi) is 3.65. The second-order valence-electron chi connectivity index (χ2n) is 5.31. The number of ketones is 1. The highest BCUT2D eigenvalue weighted by atomic mass is 79.9. The van der Waals surface area contributed by atoms with Crippen molar-refractivity contribution in [3.05, 3.63) is 46.4 Å². The van der Waals surface area contributed by atoms with Crippen LogP contribution < -0.4 is 0 Å². The normalized spacial score (nSPS) is 12.9. The van der Waals surface area contributed by atoms with Gasteiger partial charge in [0.2, 0.25) is 0 Å². The van der Waals surface area contributed by atoms with Crippen molar-refractivity contribution in [3.8, 4) is 0 Å². The Morgan fingerprint density at radius 3 is 2.50 bits per heavy atom. The second-order valence-corrected chi connectivity index (χ2v) is 7.30. The molecule has 3 rings (SSSR count). The molecule has 1 atom stereocenters. The SMILES string of the molecule is CC(=O)CC(C)c1ccc2sc3ccc(Br)cc3c2c1. The average Bonchev–Trinajstić information content (AvgIpc) is 2.75. The van der Waals surface area contributed by atoms with Gasteiger partial charge in [0.15, 0.2) is 0 Å². The molecule has 0 aliphatic rings. The maximum absolute atomic E-state index is 11.3. The standard InChI is InChI=1S/C17H15BrOS/c1-10(7-11(2)19)12-3-5-16-14(8-12)15-9-13(18)4-6-17(15)20-16/h3-6,8-10H,7H2,1-2H3. The van der Waals surface area contributed by atoms with Gasteiger partial charge in [0.1, 0.15) is 5.78 Å². The van der Waals surface area contributed by atoms with Crippen LogP contribution >= 0.6 is 27.3 Å². The fraction of sp³-hybridized carbons (Fsp3) is 0.235. The minimum atomic E-state index is 0.246. The van der Waals surface area contributed by atoms with Gasteiger partial charge in [-0.1, -0.05) is 28.9 Å². The number of halogens is 1. The highest BCUT2D eigenvalue weighted by Gasteiger charge is 2.11. The summed E-state index contributed by atoms with van der Waals surface area (Å²) in [6.07, 6.45) is 0.608. The lowest BCUT2D eigenvalue weighted by Gasteiger charge is -2.09. The number of Topliss-reactive ketones (excluding diaryl/α,β-unsaturated/α-hetero) is 1. The number of hydrogen-bond acceptors (Lipinski definition) is 2. The molecule has 20 heavy (non-hydrogen) atoms. The molecule has 0 spiro atoms. The zero-order chi connectivity index (χ0) is 14.3. The van der Waals surface area contributed by atoms with Crippen molar-refractivity contribution < 1.29 is 4.79 Å². The van der Waals surface area contributed by atoms with Crippen LogP contribution in [0, 0.1) is 0 Å². The van der Waals surface area contributed by atoms with Gasteiger partial charge in [0, 0.05) is 31.1 Å². The Labute approximate surface area is 130 Å². The minimum absolute atomic E-state index is 0.246. The zero-order valence-corrected chi connectivity index (χ0v) is 13.8. The van der Waals surface area contributed by atoms with Gasteiger partial charge in [0.05, 0.1) is 0 Å². The molecule has 3 heteroatoms. The first-order valence-electron chi connectivity index (χ1n) is 6.66. The number of hydrogen-bond donors (Lipinski definition) is 0. The Balaban J connectivity index is 2.16. The molecule has 0 amide bonds. The summed E-state index contributed by atoms with van der Waals surface area (Å²) in [6.45, 7) is 3.78. The van der Waals surface area contributed by atoms with E-state index in [1.165, 1.54) is 25.7 Å². The van der Waals surface area contributed by atoms with E-state index in [1.807, 2.05) is 11.3 Å². The van der Waals surface area contributed by atoms with Crippen LogP contribution in [0.5, 0.6) is 0 Å².